The summed E-state index contributed by atoms with van der Waals surface area (Å²) in [5.74, 6) is -1.70. The monoisotopic (exact) mass is 538 g/mol. The average molecular weight is 539 g/mol. The Hall–Kier alpha value is -3.56. The lowest BCUT2D eigenvalue weighted by atomic mass is 10.0. The molecule has 1 N–H and O–H groups in total. The number of anilines is 1. The molecule has 0 spiro atoms. The van der Waals surface area contributed by atoms with Crippen LogP contribution in [0, 0.1) is 6.92 Å². The SMILES string of the molecule is COC(=O)c1sc(NC(=O)c2cc(-c3ccc(Br)cc3)nc3ccccc23)c(C(=O)OC)c1C. The molecule has 172 valence electrons. The summed E-state index contributed by atoms with van der Waals surface area (Å²) in [5.41, 5.74) is 3.01. The largest absolute Gasteiger partial charge is 0.465 e. The molecule has 2 aromatic heterocycles. The zero-order valence-electron chi connectivity index (χ0n) is 18.5. The van der Waals surface area contributed by atoms with Gasteiger partial charge < -0.3 is 14.8 Å². The maximum atomic E-state index is 13.5. The molecule has 0 aliphatic heterocycles. The van der Waals surface area contributed by atoms with Crippen molar-refractivity contribution in [3.05, 3.63) is 80.6 Å². The third-order valence-corrected chi connectivity index (χ3v) is 6.95. The van der Waals surface area contributed by atoms with Crippen LogP contribution in [0.2, 0.25) is 0 Å². The molecule has 4 rings (SSSR count). The van der Waals surface area contributed by atoms with Gasteiger partial charge in [0.25, 0.3) is 5.91 Å². The summed E-state index contributed by atoms with van der Waals surface area (Å²) in [7, 11) is 2.49. The van der Waals surface area contributed by atoms with Gasteiger partial charge in [-0.3, -0.25) is 4.79 Å². The first-order valence-corrected chi connectivity index (χ1v) is 11.7. The summed E-state index contributed by atoms with van der Waals surface area (Å²) in [6, 6.07) is 16.6. The number of rotatable bonds is 5. The van der Waals surface area contributed by atoms with Gasteiger partial charge in [-0.05, 0) is 36.8 Å². The predicted molar refractivity (Wildman–Crippen MR) is 135 cm³/mol. The number of hydrogen-bond acceptors (Lipinski definition) is 7. The number of nitrogens with one attached hydrogen (secondary N) is 1. The molecule has 4 aromatic rings. The first kappa shape index (κ1) is 23.6. The molecule has 1 amide bonds. The zero-order chi connectivity index (χ0) is 24.4. The number of para-hydroxylation sites is 1. The van der Waals surface area contributed by atoms with Crippen molar-refractivity contribution in [2.75, 3.05) is 19.5 Å². The van der Waals surface area contributed by atoms with E-state index in [0.29, 0.717) is 27.7 Å². The Morgan fingerprint density at radius 2 is 1.65 bits per heavy atom. The minimum Gasteiger partial charge on any atom is -0.465 e. The van der Waals surface area contributed by atoms with E-state index < -0.39 is 17.8 Å². The van der Waals surface area contributed by atoms with Crippen LogP contribution in [0.4, 0.5) is 5.00 Å². The Bertz CT molecular complexity index is 1430. The molecule has 0 bridgehead atoms. The Labute approximate surface area is 207 Å². The van der Waals surface area contributed by atoms with Crippen molar-refractivity contribution in [3.63, 3.8) is 0 Å². The number of fused-ring (bicyclic) bond motifs is 1. The van der Waals surface area contributed by atoms with E-state index >= 15 is 0 Å². The number of thiophene rings is 1. The van der Waals surface area contributed by atoms with Crippen LogP contribution in [-0.2, 0) is 9.47 Å². The molecule has 0 unspecified atom stereocenters. The number of carbonyl (C=O) groups is 3. The maximum Gasteiger partial charge on any atom is 0.348 e. The molecular formula is C25H19BrN2O5S. The maximum absolute atomic E-state index is 13.5. The van der Waals surface area contributed by atoms with Gasteiger partial charge in [0.2, 0.25) is 0 Å². The van der Waals surface area contributed by atoms with Crippen LogP contribution in [0.5, 0.6) is 0 Å². The third kappa shape index (κ3) is 4.44. The van der Waals surface area contributed by atoms with Crippen LogP contribution in [0.3, 0.4) is 0 Å². The summed E-state index contributed by atoms with van der Waals surface area (Å²) in [6.07, 6.45) is 0. The second kappa shape index (κ2) is 9.74. The molecule has 34 heavy (non-hydrogen) atoms. The number of aromatic nitrogens is 1. The fourth-order valence-corrected chi connectivity index (χ4v) is 4.91. The Morgan fingerprint density at radius 1 is 0.971 bits per heavy atom. The lowest BCUT2D eigenvalue weighted by molar-refractivity contribution is 0.0601. The fourth-order valence-electron chi connectivity index (χ4n) is 3.54. The van der Waals surface area contributed by atoms with Gasteiger partial charge in [-0.1, -0.05) is 46.3 Å². The van der Waals surface area contributed by atoms with Crippen molar-refractivity contribution < 1.29 is 23.9 Å². The summed E-state index contributed by atoms with van der Waals surface area (Å²) >= 11 is 4.39. The van der Waals surface area contributed by atoms with E-state index in [2.05, 4.69) is 21.2 Å². The van der Waals surface area contributed by atoms with Gasteiger partial charge >= 0.3 is 11.9 Å². The molecule has 9 heteroatoms. The molecule has 0 atom stereocenters. The van der Waals surface area contributed by atoms with Crippen molar-refractivity contribution in [1.29, 1.82) is 0 Å². The number of ether oxygens (including phenoxy) is 2. The highest BCUT2D eigenvalue weighted by Gasteiger charge is 2.27. The number of methoxy groups -OCH3 is 2. The van der Waals surface area contributed by atoms with Gasteiger partial charge in [-0.15, -0.1) is 11.3 Å². The van der Waals surface area contributed by atoms with Crippen LogP contribution in [-0.4, -0.2) is 37.0 Å². The van der Waals surface area contributed by atoms with E-state index in [1.54, 1.807) is 13.0 Å². The van der Waals surface area contributed by atoms with E-state index in [-0.39, 0.29) is 15.4 Å². The van der Waals surface area contributed by atoms with Crippen LogP contribution in [0.15, 0.2) is 59.1 Å². The molecule has 0 saturated carbocycles. The number of amides is 1. The molecule has 0 aliphatic carbocycles. The second-order valence-corrected chi connectivity index (χ2v) is 9.21. The first-order chi connectivity index (χ1) is 16.3. The number of esters is 2. The van der Waals surface area contributed by atoms with Crippen molar-refractivity contribution in [1.82, 2.24) is 4.98 Å². The van der Waals surface area contributed by atoms with Crippen LogP contribution in [0.25, 0.3) is 22.2 Å². The highest BCUT2D eigenvalue weighted by Crippen LogP contribution is 2.35. The van der Waals surface area contributed by atoms with Gasteiger partial charge in [0.05, 0.1) is 36.6 Å². The smallest absolute Gasteiger partial charge is 0.348 e. The van der Waals surface area contributed by atoms with E-state index in [1.165, 1.54) is 14.2 Å². The molecule has 0 radical (unpaired) electrons. The number of benzene rings is 2. The standard InChI is InChI=1S/C25H19BrN2O5S/c1-13-20(24(30)32-2)23(34-21(13)25(31)33-3)28-22(29)17-12-19(14-8-10-15(26)11-9-14)27-18-7-5-4-6-16(17)18/h4-12H,1-3H3,(H,28,29). The van der Waals surface area contributed by atoms with Gasteiger partial charge in [0.1, 0.15) is 9.88 Å². The average Bonchev–Trinajstić information content (AvgIpc) is 3.18. The second-order valence-electron chi connectivity index (χ2n) is 7.28. The molecule has 0 fully saturated rings. The van der Waals surface area contributed by atoms with Crippen LogP contribution >= 0.6 is 27.3 Å². The summed E-state index contributed by atoms with van der Waals surface area (Å²) in [6.45, 7) is 1.61. The zero-order valence-corrected chi connectivity index (χ0v) is 20.9. The first-order valence-electron chi connectivity index (χ1n) is 10.1. The van der Waals surface area contributed by atoms with E-state index in [4.69, 9.17) is 14.5 Å². The van der Waals surface area contributed by atoms with Crippen molar-refractivity contribution in [3.8, 4) is 11.3 Å². The molecule has 0 saturated heterocycles. The molecule has 0 aliphatic rings. The minimum absolute atomic E-state index is 0.118. The highest BCUT2D eigenvalue weighted by atomic mass is 79.9. The molecular weight excluding hydrogens is 520 g/mol. The Balaban J connectivity index is 1.82. The highest BCUT2D eigenvalue weighted by molar-refractivity contribution is 9.10. The third-order valence-electron chi connectivity index (χ3n) is 5.23. The lowest BCUT2D eigenvalue weighted by Crippen LogP contribution is -2.15. The Kier molecular flexibility index (Phi) is 6.76. The predicted octanol–water partition coefficient (Wildman–Crippen LogP) is 5.86. The van der Waals surface area contributed by atoms with Crippen molar-refractivity contribution >= 4 is 61.0 Å². The number of halogens is 1. The van der Waals surface area contributed by atoms with Crippen LogP contribution < -0.4 is 5.32 Å². The number of pyridine rings is 1. The van der Waals surface area contributed by atoms with Crippen molar-refractivity contribution in [2.24, 2.45) is 0 Å². The van der Waals surface area contributed by atoms with Crippen LogP contribution in [0.1, 0.15) is 36.0 Å². The van der Waals surface area contributed by atoms with E-state index in [1.807, 2.05) is 48.5 Å². The Morgan fingerprint density at radius 3 is 2.32 bits per heavy atom. The molecule has 2 aromatic carbocycles. The van der Waals surface area contributed by atoms with Crippen molar-refractivity contribution in [2.45, 2.75) is 6.92 Å². The molecule has 2 heterocycles. The topological polar surface area (TPSA) is 94.6 Å². The van der Waals surface area contributed by atoms with Gasteiger partial charge in [0.15, 0.2) is 0 Å². The lowest BCUT2D eigenvalue weighted by Gasteiger charge is -2.11. The van der Waals surface area contributed by atoms with E-state index in [0.717, 1.165) is 21.4 Å². The summed E-state index contributed by atoms with van der Waals surface area (Å²) in [5, 5.41) is 3.66. The quantitative estimate of drug-likeness (QED) is 0.320. The number of carbonyl (C=O) groups excluding carboxylic acids is 3. The van der Waals surface area contributed by atoms with Gasteiger partial charge in [-0.2, -0.15) is 0 Å². The summed E-state index contributed by atoms with van der Waals surface area (Å²) in [4.78, 5) is 43.0. The minimum atomic E-state index is -0.658. The fraction of sp³-hybridized carbons (Fsp3) is 0.120. The number of nitrogens with zero attached hydrogens (tertiary/aromatic N) is 1. The van der Waals surface area contributed by atoms with Gasteiger partial charge in [-0.25, -0.2) is 14.6 Å². The van der Waals surface area contributed by atoms with Gasteiger partial charge in [0, 0.05) is 15.4 Å². The molecule has 7 nitrogen and oxygen atoms in total. The van der Waals surface area contributed by atoms with E-state index in [9.17, 15) is 14.4 Å². The summed E-state index contributed by atoms with van der Waals surface area (Å²) < 4.78 is 10.6. The number of hydrogen-bond donors (Lipinski definition) is 1. The normalized spacial score (nSPS) is 10.7.